The molecule has 0 saturated carbocycles. The minimum atomic E-state index is 0.607. The highest BCUT2D eigenvalue weighted by Crippen LogP contribution is 2.35. The Morgan fingerprint density at radius 1 is 1.13 bits per heavy atom. The summed E-state index contributed by atoms with van der Waals surface area (Å²) in [5, 5.41) is 0. The Kier molecular flexibility index (Phi) is 3.61. The molecule has 0 radical (unpaired) electrons. The molecule has 0 amide bonds. The van der Waals surface area contributed by atoms with E-state index in [4.69, 9.17) is 5.73 Å². The molecule has 0 spiro atoms. The maximum Gasteiger partial charge on any atom is 0.0357 e. The summed E-state index contributed by atoms with van der Waals surface area (Å²) < 4.78 is 2.19. The lowest BCUT2D eigenvalue weighted by molar-refractivity contribution is 1.11. The second-order valence-corrected chi connectivity index (χ2v) is 6.03. The molecule has 0 aliphatic carbocycles. The van der Waals surface area contributed by atoms with Crippen LogP contribution in [-0.2, 0) is 6.54 Å². The Bertz CT molecular complexity index is 479. The van der Waals surface area contributed by atoms with Crippen LogP contribution in [-0.4, -0.2) is 0 Å². The maximum atomic E-state index is 5.60. The van der Waals surface area contributed by atoms with E-state index in [0.717, 1.165) is 8.95 Å². The maximum absolute atomic E-state index is 5.60. The molecule has 0 unspecified atom stereocenters. The molecule has 78 valence electrons. The van der Waals surface area contributed by atoms with Crippen molar-refractivity contribution >= 4 is 43.2 Å². The van der Waals surface area contributed by atoms with E-state index in [1.54, 1.807) is 11.3 Å². The second kappa shape index (κ2) is 4.78. The highest BCUT2D eigenvalue weighted by atomic mass is 79.9. The Hall–Kier alpha value is -0.160. The first-order valence-corrected chi connectivity index (χ1v) is 6.85. The largest absolute Gasteiger partial charge is 0.326 e. The molecule has 4 heteroatoms. The van der Waals surface area contributed by atoms with Crippen LogP contribution in [0.4, 0.5) is 0 Å². The van der Waals surface area contributed by atoms with E-state index >= 15 is 0 Å². The monoisotopic (exact) mass is 345 g/mol. The highest BCUT2D eigenvalue weighted by molar-refractivity contribution is 9.11. The number of rotatable bonds is 2. The molecule has 1 heterocycles. The molecular weight excluding hydrogens is 338 g/mol. The summed E-state index contributed by atoms with van der Waals surface area (Å²) in [6.45, 7) is 0.607. The van der Waals surface area contributed by atoms with E-state index in [1.807, 2.05) is 12.1 Å². The highest BCUT2D eigenvalue weighted by Gasteiger charge is 2.06. The molecule has 0 aliphatic heterocycles. The summed E-state index contributed by atoms with van der Waals surface area (Å²) >= 11 is 8.76. The fourth-order valence-corrected chi connectivity index (χ4v) is 3.19. The van der Waals surface area contributed by atoms with Crippen LogP contribution >= 0.6 is 43.2 Å². The molecule has 0 saturated heterocycles. The summed E-state index contributed by atoms with van der Waals surface area (Å²) in [4.78, 5) is 2.44. The van der Waals surface area contributed by atoms with Crippen molar-refractivity contribution in [2.75, 3.05) is 0 Å². The van der Waals surface area contributed by atoms with Gasteiger partial charge in [0.05, 0.1) is 0 Å². The first-order chi connectivity index (χ1) is 7.20. The molecule has 1 nitrogen and oxygen atoms in total. The zero-order valence-electron chi connectivity index (χ0n) is 7.84. The molecule has 1 aromatic carbocycles. The van der Waals surface area contributed by atoms with Gasteiger partial charge in [-0.3, -0.25) is 0 Å². The number of thiophene rings is 1. The molecular formula is C11H9Br2NS. The third-order valence-corrected chi connectivity index (χ3v) is 4.38. The molecule has 0 fully saturated rings. The molecule has 2 aromatic rings. The Balaban J connectivity index is 2.48. The van der Waals surface area contributed by atoms with Crippen LogP contribution in [0.15, 0.2) is 39.3 Å². The van der Waals surface area contributed by atoms with Gasteiger partial charge in [-0.1, -0.05) is 31.9 Å². The van der Waals surface area contributed by atoms with Crippen LogP contribution in [0.5, 0.6) is 0 Å². The van der Waals surface area contributed by atoms with Crippen molar-refractivity contribution in [3.8, 4) is 10.4 Å². The smallest absolute Gasteiger partial charge is 0.0357 e. The van der Waals surface area contributed by atoms with Crippen molar-refractivity contribution in [3.05, 3.63) is 44.2 Å². The summed E-state index contributed by atoms with van der Waals surface area (Å²) in [6, 6.07) is 10.4. The van der Waals surface area contributed by atoms with Crippen LogP contribution in [0, 0.1) is 0 Å². The number of hydrogen-bond donors (Lipinski definition) is 1. The van der Waals surface area contributed by atoms with Gasteiger partial charge < -0.3 is 5.73 Å². The number of nitrogens with two attached hydrogens (primary N) is 1. The van der Waals surface area contributed by atoms with Crippen molar-refractivity contribution < 1.29 is 0 Å². The van der Waals surface area contributed by atoms with Gasteiger partial charge in [0.25, 0.3) is 0 Å². The van der Waals surface area contributed by atoms with Gasteiger partial charge in [0.15, 0.2) is 0 Å². The molecule has 0 aliphatic rings. The van der Waals surface area contributed by atoms with Gasteiger partial charge in [0.1, 0.15) is 0 Å². The van der Waals surface area contributed by atoms with E-state index in [1.165, 1.54) is 15.3 Å². The Morgan fingerprint density at radius 3 is 2.60 bits per heavy atom. The van der Waals surface area contributed by atoms with E-state index in [9.17, 15) is 0 Å². The molecule has 1 aromatic heterocycles. The van der Waals surface area contributed by atoms with Gasteiger partial charge in [-0.15, -0.1) is 11.3 Å². The predicted octanol–water partition coefficient (Wildman–Crippen LogP) is 4.40. The standard InChI is InChI=1S/C11H9Br2NS/c12-7-1-3-10(13)9(5-7)11-4-2-8(6-14)15-11/h1-5H,6,14H2. The minimum absolute atomic E-state index is 0.607. The molecule has 0 atom stereocenters. The average Bonchev–Trinajstić information content (AvgIpc) is 2.70. The number of halogens is 2. The first-order valence-electron chi connectivity index (χ1n) is 4.45. The van der Waals surface area contributed by atoms with Gasteiger partial charge in [0.2, 0.25) is 0 Å². The fraction of sp³-hybridized carbons (Fsp3) is 0.0909. The molecule has 2 rings (SSSR count). The van der Waals surface area contributed by atoms with Gasteiger partial charge >= 0.3 is 0 Å². The van der Waals surface area contributed by atoms with E-state index < -0.39 is 0 Å². The lowest BCUT2D eigenvalue weighted by Gasteiger charge is -2.01. The topological polar surface area (TPSA) is 26.0 Å². The third-order valence-electron chi connectivity index (χ3n) is 2.06. The third kappa shape index (κ3) is 2.50. The average molecular weight is 347 g/mol. The van der Waals surface area contributed by atoms with Gasteiger partial charge in [-0.25, -0.2) is 0 Å². The Labute approximate surface area is 110 Å². The van der Waals surface area contributed by atoms with Crippen molar-refractivity contribution in [2.45, 2.75) is 6.54 Å². The van der Waals surface area contributed by atoms with Crippen LogP contribution in [0.1, 0.15) is 4.88 Å². The van der Waals surface area contributed by atoms with Crippen molar-refractivity contribution in [3.63, 3.8) is 0 Å². The van der Waals surface area contributed by atoms with Crippen LogP contribution in [0.2, 0.25) is 0 Å². The van der Waals surface area contributed by atoms with Crippen molar-refractivity contribution in [2.24, 2.45) is 5.73 Å². The van der Waals surface area contributed by atoms with Crippen LogP contribution in [0.3, 0.4) is 0 Å². The molecule has 0 bridgehead atoms. The van der Waals surface area contributed by atoms with E-state index in [2.05, 4.69) is 50.1 Å². The van der Waals surface area contributed by atoms with Crippen LogP contribution < -0.4 is 5.73 Å². The SMILES string of the molecule is NCc1ccc(-c2cc(Br)ccc2Br)s1. The van der Waals surface area contributed by atoms with Crippen molar-refractivity contribution in [1.29, 1.82) is 0 Å². The van der Waals surface area contributed by atoms with Gasteiger partial charge in [-0.2, -0.15) is 0 Å². The molecule has 15 heavy (non-hydrogen) atoms. The molecule has 2 N–H and O–H groups in total. The normalized spacial score (nSPS) is 10.6. The first kappa shape index (κ1) is 11.3. The van der Waals surface area contributed by atoms with Crippen molar-refractivity contribution in [1.82, 2.24) is 0 Å². The zero-order valence-corrected chi connectivity index (χ0v) is 11.8. The lowest BCUT2D eigenvalue weighted by atomic mass is 10.2. The Morgan fingerprint density at radius 2 is 1.93 bits per heavy atom. The summed E-state index contributed by atoms with van der Waals surface area (Å²) in [7, 11) is 0. The quantitative estimate of drug-likeness (QED) is 0.856. The fourth-order valence-electron chi connectivity index (χ4n) is 1.32. The van der Waals surface area contributed by atoms with E-state index in [0.29, 0.717) is 6.54 Å². The lowest BCUT2D eigenvalue weighted by Crippen LogP contribution is -1.91. The number of hydrogen-bond acceptors (Lipinski definition) is 2. The second-order valence-electron chi connectivity index (χ2n) is 3.09. The van der Waals surface area contributed by atoms with E-state index in [-0.39, 0.29) is 0 Å². The van der Waals surface area contributed by atoms with Crippen LogP contribution in [0.25, 0.3) is 10.4 Å². The predicted molar refractivity (Wildman–Crippen MR) is 73.0 cm³/mol. The zero-order chi connectivity index (χ0) is 10.8. The summed E-state index contributed by atoms with van der Waals surface area (Å²) in [5.74, 6) is 0. The minimum Gasteiger partial charge on any atom is -0.326 e. The summed E-state index contributed by atoms with van der Waals surface area (Å²) in [6.07, 6.45) is 0. The van der Waals surface area contributed by atoms with Gasteiger partial charge in [0, 0.05) is 30.8 Å². The summed E-state index contributed by atoms with van der Waals surface area (Å²) in [5.41, 5.74) is 6.80. The van der Waals surface area contributed by atoms with Gasteiger partial charge in [-0.05, 0) is 30.3 Å². The number of benzene rings is 1.